The number of hydrogen-bond donors (Lipinski definition) is 0. The van der Waals surface area contributed by atoms with Gasteiger partial charge in [-0.05, 0) is 21.0 Å². The quantitative estimate of drug-likeness (QED) is 0.559. The van der Waals surface area contributed by atoms with Crippen LogP contribution in [0.15, 0.2) is 24.3 Å². The molecule has 1 atom stereocenters. The minimum atomic E-state index is 0.620. The molecule has 0 aromatic carbocycles. The molecule has 1 heteroatoms. The van der Waals surface area contributed by atoms with Gasteiger partial charge >= 0.3 is 0 Å². The van der Waals surface area contributed by atoms with Crippen LogP contribution in [0.5, 0.6) is 0 Å². The Morgan fingerprint density at radius 3 is 2.10 bits per heavy atom. The number of rotatable bonds is 2. The Kier molecular flexibility index (Phi) is 2.28. The predicted octanol–water partition coefficient (Wildman–Crippen LogP) is 1.68. The van der Waals surface area contributed by atoms with E-state index < -0.39 is 0 Å². The van der Waals surface area contributed by atoms with Crippen LogP contribution in [0.3, 0.4) is 0 Å². The van der Waals surface area contributed by atoms with Crippen molar-refractivity contribution in [2.75, 3.05) is 14.1 Å². The first-order chi connectivity index (χ1) is 4.72. The van der Waals surface area contributed by atoms with Gasteiger partial charge in [0.25, 0.3) is 0 Å². The summed E-state index contributed by atoms with van der Waals surface area (Å²) < 4.78 is 0. The summed E-state index contributed by atoms with van der Waals surface area (Å²) in [6.45, 7) is 2.24. The Morgan fingerprint density at radius 1 is 1.20 bits per heavy atom. The SMILES string of the molecule is CC(C1C=CC=C1)N(C)C. The van der Waals surface area contributed by atoms with Crippen molar-refractivity contribution in [2.24, 2.45) is 5.92 Å². The topological polar surface area (TPSA) is 3.24 Å². The van der Waals surface area contributed by atoms with Crippen LogP contribution < -0.4 is 0 Å². The lowest BCUT2D eigenvalue weighted by molar-refractivity contribution is 0.283. The molecule has 1 nitrogen and oxygen atoms in total. The zero-order valence-electron chi connectivity index (χ0n) is 6.91. The number of hydrogen-bond acceptors (Lipinski definition) is 1. The van der Waals surface area contributed by atoms with Crippen LogP contribution in [0.25, 0.3) is 0 Å². The van der Waals surface area contributed by atoms with E-state index in [1.165, 1.54) is 0 Å². The van der Waals surface area contributed by atoms with Crippen LogP contribution in [0, 0.1) is 5.92 Å². The maximum atomic E-state index is 2.24. The van der Waals surface area contributed by atoms with E-state index in [9.17, 15) is 0 Å². The van der Waals surface area contributed by atoms with E-state index in [-0.39, 0.29) is 0 Å². The van der Waals surface area contributed by atoms with E-state index in [1.807, 2.05) is 0 Å². The van der Waals surface area contributed by atoms with Crippen LogP contribution in [0.4, 0.5) is 0 Å². The van der Waals surface area contributed by atoms with Crippen LogP contribution in [0.1, 0.15) is 6.92 Å². The third-order valence-electron chi connectivity index (χ3n) is 2.15. The lowest BCUT2D eigenvalue weighted by Gasteiger charge is -2.23. The van der Waals surface area contributed by atoms with Gasteiger partial charge in [0.1, 0.15) is 0 Å². The molecule has 1 aliphatic carbocycles. The zero-order valence-corrected chi connectivity index (χ0v) is 6.91. The second-order valence-corrected chi connectivity index (χ2v) is 3.05. The summed E-state index contributed by atoms with van der Waals surface area (Å²) in [5.74, 6) is 0.620. The van der Waals surface area contributed by atoms with Gasteiger partial charge in [0.15, 0.2) is 0 Å². The fraction of sp³-hybridized carbons (Fsp3) is 0.556. The predicted molar refractivity (Wildman–Crippen MR) is 44.9 cm³/mol. The van der Waals surface area contributed by atoms with Crippen LogP contribution in [-0.4, -0.2) is 25.0 Å². The summed E-state index contributed by atoms with van der Waals surface area (Å²) in [6, 6.07) is 0.620. The fourth-order valence-electron chi connectivity index (χ4n) is 1.11. The molecule has 1 unspecified atom stereocenters. The third kappa shape index (κ3) is 1.48. The molecule has 0 saturated carbocycles. The fourth-order valence-corrected chi connectivity index (χ4v) is 1.11. The zero-order chi connectivity index (χ0) is 7.56. The summed E-state index contributed by atoms with van der Waals surface area (Å²) in [5, 5.41) is 0. The Balaban J connectivity index is 2.49. The van der Waals surface area contributed by atoms with Gasteiger partial charge in [-0.1, -0.05) is 24.3 Å². The van der Waals surface area contributed by atoms with Crippen molar-refractivity contribution in [1.29, 1.82) is 0 Å². The maximum absolute atomic E-state index is 2.24. The minimum Gasteiger partial charge on any atom is -0.306 e. The highest BCUT2D eigenvalue weighted by atomic mass is 15.1. The molecule has 0 aromatic rings. The molecule has 0 bridgehead atoms. The van der Waals surface area contributed by atoms with Gasteiger partial charge in [0, 0.05) is 12.0 Å². The van der Waals surface area contributed by atoms with Gasteiger partial charge in [-0.15, -0.1) is 0 Å². The minimum absolute atomic E-state index is 0.620. The van der Waals surface area contributed by atoms with Gasteiger partial charge in [0.2, 0.25) is 0 Å². The van der Waals surface area contributed by atoms with Crippen molar-refractivity contribution in [3.63, 3.8) is 0 Å². The van der Waals surface area contributed by atoms with Crippen molar-refractivity contribution in [3.8, 4) is 0 Å². The first kappa shape index (κ1) is 7.55. The normalized spacial score (nSPS) is 20.8. The summed E-state index contributed by atoms with van der Waals surface area (Å²) in [6.07, 6.45) is 8.71. The van der Waals surface area contributed by atoms with Crippen molar-refractivity contribution in [3.05, 3.63) is 24.3 Å². The van der Waals surface area contributed by atoms with Crippen molar-refractivity contribution in [2.45, 2.75) is 13.0 Å². The molecule has 0 fully saturated rings. The largest absolute Gasteiger partial charge is 0.306 e. The van der Waals surface area contributed by atoms with Gasteiger partial charge in [-0.2, -0.15) is 0 Å². The molecule has 0 radical (unpaired) electrons. The van der Waals surface area contributed by atoms with E-state index in [0.29, 0.717) is 12.0 Å². The molecule has 0 spiro atoms. The standard InChI is InChI=1S/C9H15N/c1-8(10(2)3)9-6-4-5-7-9/h4-9H,1-3H3. The Bertz CT molecular complexity index is 144. The molecule has 0 saturated heterocycles. The molecule has 1 rings (SSSR count). The average Bonchev–Trinajstić information content (AvgIpc) is 2.36. The molecular formula is C9H15N. The lowest BCUT2D eigenvalue weighted by Crippen LogP contribution is -2.29. The van der Waals surface area contributed by atoms with E-state index in [2.05, 4.69) is 50.2 Å². The van der Waals surface area contributed by atoms with Gasteiger partial charge in [-0.25, -0.2) is 0 Å². The lowest BCUT2D eigenvalue weighted by atomic mass is 10.0. The smallest absolute Gasteiger partial charge is 0.0159 e. The van der Waals surface area contributed by atoms with Crippen molar-refractivity contribution in [1.82, 2.24) is 4.90 Å². The van der Waals surface area contributed by atoms with Crippen LogP contribution >= 0.6 is 0 Å². The van der Waals surface area contributed by atoms with Crippen LogP contribution in [-0.2, 0) is 0 Å². The second kappa shape index (κ2) is 3.02. The molecule has 10 heavy (non-hydrogen) atoms. The molecule has 0 aliphatic heterocycles. The number of nitrogens with zero attached hydrogens (tertiary/aromatic N) is 1. The summed E-state index contributed by atoms with van der Waals surface area (Å²) in [7, 11) is 4.23. The van der Waals surface area contributed by atoms with Gasteiger partial charge < -0.3 is 4.90 Å². The van der Waals surface area contributed by atoms with Gasteiger partial charge in [-0.3, -0.25) is 0 Å². The Hall–Kier alpha value is -0.560. The monoisotopic (exact) mass is 137 g/mol. The molecule has 0 amide bonds. The Morgan fingerprint density at radius 2 is 1.70 bits per heavy atom. The molecule has 56 valence electrons. The first-order valence-electron chi connectivity index (χ1n) is 3.73. The van der Waals surface area contributed by atoms with Crippen LogP contribution in [0.2, 0.25) is 0 Å². The summed E-state index contributed by atoms with van der Waals surface area (Å²) in [4.78, 5) is 2.24. The summed E-state index contributed by atoms with van der Waals surface area (Å²) in [5.41, 5.74) is 0. The average molecular weight is 137 g/mol. The van der Waals surface area contributed by atoms with Crippen molar-refractivity contribution < 1.29 is 0 Å². The third-order valence-corrected chi connectivity index (χ3v) is 2.15. The highest BCUT2D eigenvalue weighted by Crippen LogP contribution is 2.15. The Labute approximate surface area is 63.0 Å². The summed E-state index contributed by atoms with van der Waals surface area (Å²) >= 11 is 0. The number of allylic oxidation sites excluding steroid dienone is 2. The molecule has 0 heterocycles. The van der Waals surface area contributed by atoms with Gasteiger partial charge in [0.05, 0.1) is 0 Å². The van der Waals surface area contributed by atoms with E-state index in [0.717, 1.165) is 0 Å². The molecule has 1 aliphatic rings. The first-order valence-corrected chi connectivity index (χ1v) is 3.73. The highest BCUT2D eigenvalue weighted by Gasteiger charge is 2.14. The van der Waals surface area contributed by atoms with E-state index >= 15 is 0 Å². The molecule has 0 aromatic heterocycles. The van der Waals surface area contributed by atoms with Crippen molar-refractivity contribution >= 4 is 0 Å². The second-order valence-electron chi connectivity index (χ2n) is 3.05. The molecular weight excluding hydrogens is 122 g/mol. The highest BCUT2D eigenvalue weighted by molar-refractivity contribution is 5.19. The van der Waals surface area contributed by atoms with E-state index in [1.54, 1.807) is 0 Å². The maximum Gasteiger partial charge on any atom is 0.0159 e. The molecule has 0 N–H and O–H groups in total. The van der Waals surface area contributed by atoms with E-state index in [4.69, 9.17) is 0 Å².